The van der Waals surface area contributed by atoms with Gasteiger partial charge in [-0.1, -0.05) is 6.92 Å². The van der Waals surface area contributed by atoms with Gasteiger partial charge in [-0.2, -0.15) is 0 Å². The van der Waals surface area contributed by atoms with E-state index < -0.39 is 0 Å². The van der Waals surface area contributed by atoms with E-state index in [9.17, 15) is 0 Å². The van der Waals surface area contributed by atoms with Crippen LogP contribution in [0.3, 0.4) is 0 Å². The zero-order chi connectivity index (χ0) is 11.5. The average Bonchev–Trinajstić information content (AvgIpc) is 2.10. The molecule has 0 bridgehead atoms. The zero-order valence-corrected chi connectivity index (χ0v) is 10.8. The number of nitrogens with one attached hydrogen (secondary N) is 1. The Morgan fingerprint density at radius 2 is 2.07 bits per heavy atom. The first-order valence-corrected chi connectivity index (χ1v) is 6.05. The second kappa shape index (κ2) is 5.28. The van der Waals surface area contributed by atoms with Gasteiger partial charge in [-0.15, -0.1) is 0 Å². The predicted molar refractivity (Wildman–Crippen MR) is 64.2 cm³/mol. The van der Waals surface area contributed by atoms with Crippen LogP contribution in [0.5, 0.6) is 0 Å². The van der Waals surface area contributed by atoms with Gasteiger partial charge in [0.15, 0.2) is 0 Å². The SMILES string of the molecule is CCNC(C)(C)CN1CC(C)OCC1C. The second-order valence-electron chi connectivity index (χ2n) is 5.34. The third kappa shape index (κ3) is 4.09. The highest BCUT2D eigenvalue weighted by molar-refractivity contribution is 4.85. The van der Waals surface area contributed by atoms with Crippen LogP contribution in [0.25, 0.3) is 0 Å². The van der Waals surface area contributed by atoms with Gasteiger partial charge in [0.1, 0.15) is 0 Å². The van der Waals surface area contributed by atoms with Crippen molar-refractivity contribution in [1.82, 2.24) is 10.2 Å². The summed E-state index contributed by atoms with van der Waals surface area (Å²) in [6.45, 7) is 15.1. The molecule has 1 aliphatic rings. The molecular weight excluding hydrogens is 188 g/mol. The summed E-state index contributed by atoms with van der Waals surface area (Å²) in [5.74, 6) is 0. The Labute approximate surface area is 94.2 Å². The number of rotatable bonds is 4. The molecule has 0 radical (unpaired) electrons. The van der Waals surface area contributed by atoms with Crippen molar-refractivity contribution in [3.8, 4) is 0 Å². The van der Waals surface area contributed by atoms with Gasteiger partial charge in [0.05, 0.1) is 12.7 Å². The summed E-state index contributed by atoms with van der Waals surface area (Å²) >= 11 is 0. The van der Waals surface area contributed by atoms with E-state index in [4.69, 9.17) is 4.74 Å². The largest absolute Gasteiger partial charge is 0.376 e. The van der Waals surface area contributed by atoms with Crippen LogP contribution in [0.1, 0.15) is 34.6 Å². The number of morpholine rings is 1. The Morgan fingerprint density at radius 1 is 1.40 bits per heavy atom. The summed E-state index contributed by atoms with van der Waals surface area (Å²) in [4.78, 5) is 2.52. The van der Waals surface area contributed by atoms with Crippen molar-refractivity contribution in [2.75, 3.05) is 26.2 Å². The highest BCUT2D eigenvalue weighted by atomic mass is 16.5. The fourth-order valence-corrected chi connectivity index (χ4v) is 2.23. The van der Waals surface area contributed by atoms with Crippen molar-refractivity contribution < 1.29 is 4.74 Å². The molecule has 15 heavy (non-hydrogen) atoms. The van der Waals surface area contributed by atoms with Crippen LogP contribution in [0.2, 0.25) is 0 Å². The lowest BCUT2D eigenvalue weighted by atomic mass is 10.0. The molecule has 1 N–H and O–H groups in total. The summed E-state index contributed by atoms with van der Waals surface area (Å²) in [6, 6.07) is 0.541. The van der Waals surface area contributed by atoms with Crippen molar-refractivity contribution >= 4 is 0 Å². The van der Waals surface area contributed by atoms with Crippen LogP contribution in [0.15, 0.2) is 0 Å². The van der Waals surface area contributed by atoms with E-state index in [1.165, 1.54) is 0 Å². The van der Waals surface area contributed by atoms with Crippen LogP contribution in [-0.2, 0) is 4.74 Å². The van der Waals surface area contributed by atoms with Crippen molar-refractivity contribution in [3.63, 3.8) is 0 Å². The molecule has 3 nitrogen and oxygen atoms in total. The highest BCUT2D eigenvalue weighted by Crippen LogP contribution is 2.15. The highest BCUT2D eigenvalue weighted by Gasteiger charge is 2.28. The van der Waals surface area contributed by atoms with E-state index >= 15 is 0 Å². The molecule has 0 aromatic rings. The first-order chi connectivity index (χ1) is 6.94. The molecule has 0 saturated carbocycles. The Morgan fingerprint density at radius 3 is 2.67 bits per heavy atom. The second-order valence-corrected chi connectivity index (χ2v) is 5.34. The number of hydrogen-bond donors (Lipinski definition) is 1. The summed E-state index contributed by atoms with van der Waals surface area (Å²) in [7, 11) is 0. The van der Waals surface area contributed by atoms with Crippen LogP contribution in [0.4, 0.5) is 0 Å². The minimum atomic E-state index is 0.195. The minimum absolute atomic E-state index is 0.195. The van der Waals surface area contributed by atoms with Gasteiger partial charge in [0.25, 0.3) is 0 Å². The maximum absolute atomic E-state index is 5.63. The minimum Gasteiger partial charge on any atom is -0.376 e. The molecule has 0 aromatic heterocycles. The molecule has 2 unspecified atom stereocenters. The zero-order valence-electron chi connectivity index (χ0n) is 10.8. The third-order valence-electron chi connectivity index (χ3n) is 2.99. The Hall–Kier alpha value is -0.120. The van der Waals surface area contributed by atoms with Crippen molar-refractivity contribution in [3.05, 3.63) is 0 Å². The fourth-order valence-electron chi connectivity index (χ4n) is 2.23. The van der Waals surface area contributed by atoms with E-state index in [1.807, 2.05) is 0 Å². The van der Waals surface area contributed by atoms with Gasteiger partial charge in [0.2, 0.25) is 0 Å². The normalized spacial score (nSPS) is 29.4. The van der Waals surface area contributed by atoms with Crippen LogP contribution in [-0.4, -0.2) is 48.8 Å². The lowest BCUT2D eigenvalue weighted by Gasteiger charge is -2.41. The number of nitrogens with zero attached hydrogens (tertiary/aromatic N) is 1. The summed E-state index contributed by atoms with van der Waals surface area (Å²) < 4.78 is 5.63. The van der Waals surface area contributed by atoms with Gasteiger partial charge in [-0.05, 0) is 34.2 Å². The maximum atomic E-state index is 5.63. The molecule has 0 aromatic carbocycles. The Bertz CT molecular complexity index is 194. The summed E-state index contributed by atoms with van der Waals surface area (Å²) in [6.07, 6.45) is 0.374. The third-order valence-corrected chi connectivity index (χ3v) is 2.99. The van der Waals surface area contributed by atoms with E-state index in [0.717, 1.165) is 26.2 Å². The number of likely N-dealkylation sites (N-methyl/N-ethyl adjacent to an activating group) is 1. The first kappa shape index (κ1) is 12.9. The van der Waals surface area contributed by atoms with Crippen molar-refractivity contribution in [2.24, 2.45) is 0 Å². The monoisotopic (exact) mass is 214 g/mol. The Kier molecular flexibility index (Phi) is 4.56. The quantitative estimate of drug-likeness (QED) is 0.767. The van der Waals surface area contributed by atoms with Crippen LogP contribution >= 0.6 is 0 Å². The summed E-state index contributed by atoms with van der Waals surface area (Å²) in [5.41, 5.74) is 0.195. The van der Waals surface area contributed by atoms with Gasteiger partial charge in [-0.25, -0.2) is 0 Å². The molecule has 1 aliphatic heterocycles. The van der Waals surface area contributed by atoms with E-state index in [-0.39, 0.29) is 5.54 Å². The molecule has 1 saturated heterocycles. The predicted octanol–water partition coefficient (Wildman–Crippen LogP) is 1.48. The maximum Gasteiger partial charge on any atom is 0.0674 e. The molecule has 0 aliphatic carbocycles. The van der Waals surface area contributed by atoms with Crippen LogP contribution < -0.4 is 5.32 Å². The van der Waals surface area contributed by atoms with Gasteiger partial charge < -0.3 is 10.1 Å². The van der Waals surface area contributed by atoms with E-state index in [0.29, 0.717) is 12.1 Å². The Balaban J connectivity index is 2.47. The molecule has 2 atom stereocenters. The molecule has 3 heteroatoms. The van der Waals surface area contributed by atoms with Gasteiger partial charge in [0, 0.05) is 24.7 Å². The first-order valence-electron chi connectivity index (χ1n) is 6.05. The van der Waals surface area contributed by atoms with Crippen molar-refractivity contribution in [2.45, 2.75) is 52.3 Å². The van der Waals surface area contributed by atoms with E-state index in [2.05, 4.69) is 44.8 Å². The smallest absolute Gasteiger partial charge is 0.0674 e. The number of hydrogen-bond acceptors (Lipinski definition) is 3. The van der Waals surface area contributed by atoms with Crippen molar-refractivity contribution in [1.29, 1.82) is 0 Å². The molecule has 0 amide bonds. The average molecular weight is 214 g/mol. The topological polar surface area (TPSA) is 24.5 Å². The van der Waals surface area contributed by atoms with Gasteiger partial charge in [-0.3, -0.25) is 4.90 Å². The lowest BCUT2D eigenvalue weighted by Crippen LogP contribution is -2.56. The molecule has 1 heterocycles. The fraction of sp³-hybridized carbons (Fsp3) is 1.00. The van der Waals surface area contributed by atoms with E-state index in [1.54, 1.807) is 0 Å². The van der Waals surface area contributed by atoms with Gasteiger partial charge >= 0.3 is 0 Å². The molecular formula is C12H26N2O. The van der Waals surface area contributed by atoms with Crippen LogP contribution in [0, 0.1) is 0 Å². The molecule has 1 fully saturated rings. The lowest BCUT2D eigenvalue weighted by molar-refractivity contribution is -0.0561. The molecule has 0 spiro atoms. The standard InChI is InChI=1S/C12H26N2O/c1-6-13-12(4,5)9-14-7-11(3)15-8-10(14)2/h10-11,13H,6-9H2,1-5H3. The summed E-state index contributed by atoms with van der Waals surface area (Å²) in [5, 5.41) is 3.52. The number of ether oxygens (including phenoxy) is 1. The molecule has 90 valence electrons. The molecule has 1 rings (SSSR count).